The van der Waals surface area contributed by atoms with Crippen molar-refractivity contribution in [1.29, 1.82) is 0 Å². The van der Waals surface area contributed by atoms with Crippen LogP contribution in [0, 0.1) is 0 Å². The Hall–Kier alpha value is -1.70. The second-order valence-corrected chi connectivity index (χ2v) is 7.68. The van der Waals surface area contributed by atoms with E-state index in [4.69, 9.17) is 0 Å². The van der Waals surface area contributed by atoms with Crippen LogP contribution in [0.4, 0.5) is 5.69 Å². The Morgan fingerprint density at radius 1 is 1.13 bits per heavy atom. The lowest BCUT2D eigenvalue weighted by Crippen LogP contribution is -2.48. The summed E-state index contributed by atoms with van der Waals surface area (Å²) in [5.41, 5.74) is 2.24. The monoisotopic (exact) mass is 334 g/mol. The minimum atomic E-state index is -3.10. The number of hydrogen-bond donors (Lipinski definition) is 1. The van der Waals surface area contributed by atoms with Crippen LogP contribution in [-0.4, -0.2) is 63.8 Å². The molecule has 0 aliphatic carbocycles. The van der Waals surface area contributed by atoms with E-state index in [-0.39, 0.29) is 0 Å². The fourth-order valence-electron chi connectivity index (χ4n) is 2.96. The van der Waals surface area contributed by atoms with Gasteiger partial charge in [-0.2, -0.15) is 0 Å². The SMILES string of the molecule is CS(=O)(=O)NCCN1CCN(c2ccnc3ccccc23)CC1. The van der Waals surface area contributed by atoms with E-state index < -0.39 is 10.0 Å². The number of pyridine rings is 1. The van der Waals surface area contributed by atoms with Crippen molar-refractivity contribution < 1.29 is 8.42 Å². The first-order valence-corrected chi connectivity index (χ1v) is 9.68. The van der Waals surface area contributed by atoms with E-state index in [0.29, 0.717) is 6.54 Å². The molecule has 2 heterocycles. The van der Waals surface area contributed by atoms with Gasteiger partial charge >= 0.3 is 0 Å². The van der Waals surface area contributed by atoms with Gasteiger partial charge in [-0.15, -0.1) is 0 Å². The number of rotatable bonds is 5. The first-order valence-electron chi connectivity index (χ1n) is 7.79. The van der Waals surface area contributed by atoms with Crippen molar-refractivity contribution >= 4 is 26.6 Å². The average molecular weight is 334 g/mol. The van der Waals surface area contributed by atoms with Crippen molar-refractivity contribution in [3.8, 4) is 0 Å². The van der Waals surface area contributed by atoms with E-state index >= 15 is 0 Å². The van der Waals surface area contributed by atoms with Crippen molar-refractivity contribution in [3.05, 3.63) is 36.5 Å². The quantitative estimate of drug-likeness (QED) is 0.880. The van der Waals surface area contributed by atoms with Crippen LogP contribution >= 0.6 is 0 Å². The molecule has 2 aromatic rings. The van der Waals surface area contributed by atoms with Gasteiger partial charge in [0.05, 0.1) is 11.8 Å². The van der Waals surface area contributed by atoms with E-state index in [1.165, 1.54) is 17.3 Å². The van der Waals surface area contributed by atoms with Gasteiger partial charge in [0.2, 0.25) is 10.0 Å². The number of piperazine rings is 1. The molecule has 7 heteroatoms. The molecular formula is C16H22N4O2S. The number of nitrogens with zero attached hydrogens (tertiary/aromatic N) is 3. The molecule has 0 bridgehead atoms. The van der Waals surface area contributed by atoms with E-state index in [0.717, 1.165) is 38.2 Å². The Bertz CT molecular complexity index is 765. The number of benzene rings is 1. The zero-order valence-electron chi connectivity index (χ0n) is 13.3. The molecule has 1 aromatic heterocycles. The highest BCUT2D eigenvalue weighted by atomic mass is 32.2. The zero-order valence-corrected chi connectivity index (χ0v) is 14.1. The molecule has 1 aromatic carbocycles. The van der Waals surface area contributed by atoms with Crippen molar-refractivity contribution in [1.82, 2.24) is 14.6 Å². The van der Waals surface area contributed by atoms with E-state index in [1.54, 1.807) is 0 Å². The van der Waals surface area contributed by atoms with Crippen molar-refractivity contribution in [2.24, 2.45) is 0 Å². The fourth-order valence-corrected chi connectivity index (χ4v) is 3.42. The number of fused-ring (bicyclic) bond motifs is 1. The first kappa shape index (κ1) is 16.2. The molecular weight excluding hydrogens is 312 g/mol. The van der Waals surface area contributed by atoms with Gasteiger partial charge in [-0.3, -0.25) is 9.88 Å². The van der Waals surface area contributed by atoms with Gasteiger partial charge in [0.25, 0.3) is 0 Å². The molecule has 1 fully saturated rings. The molecule has 6 nitrogen and oxygen atoms in total. The second-order valence-electron chi connectivity index (χ2n) is 5.84. The predicted octanol–water partition coefficient (Wildman–Crippen LogP) is 0.906. The van der Waals surface area contributed by atoms with Gasteiger partial charge in [0.15, 0.2) is 0 Å². The Balaban J connectivity index is 1.60. The largest absolute Gasteiger partial charge is 0.368 e. The highest BCUT2D eigenvalue weighted by molar-refractivity contribution is 7.88. The molecule has 1 saturated heterocycles. The normalized spacial score (nSPS) is 16.8. The first-order chi connectivity index (χ1) is 11.0. The molecule has 0 amide bonds. The van der Waals surface area contributed by atoms with Gasteiger partial charge in [-0.1, -0.05) is 18.2 Å². The van der Waals surface area contributed by atoms with E-state index in [2.05, 4.69) is 31.6 Å². The number of aromatic nitrogens is 1. The molecule has 3 rings (SSSR count). The van der Waals surface area contributed by atoms with Gasteiger partial charge in [-0.25, -0.2) is 13.1 Å². The molecule has 124 valence electrons. The van der Waals surface area contributed by atoms with E-state index in [9.17, 15) is 8.42 Å². The van der Waals surface area contributed by atoms with Crippen LogP contribution in [0.3, 0.4) is 0 Å². The highest BCUT2D eigenvalue weighted by Gasteiger charge is 2.18. The third kappa shape index (κ3) is 4.19. The predicted molar refractivity (Wildman–Crippen MR) is 93.2 cm³/mol. The third-order valence-electron chi connectivity index (χ3n) is 4.13. The van der Waals surface area contributed by atoms with Crippen LogP contribution in [0.5, 0.6) is 0 Å². The van der Waals surface area contributed by atoms with Crippen LogP contribution in [0.2, 0.25) is 0 Å². The minimum Gasteiger partial charge on any atom is -0.368 e. The lowest BCUT2D eigenvalue weighted by molar-refractivity contribution is 0.262. The summed E-state index contributed by atoms with van der Waals surface area (Å²) in [4.78, 5) is 9.08. The molecule has 1 N–H and O–H groups in total. The molecule has 1 aliphatic heterocycles. The second kappa shape index (κ2) is 6.82. The lowest BCUT2D eigenvalue weighted by Gasteiger charge is -2.36. The summed E-state index contributed by atoms with van der Waals surface area (Å²) in [6.45, 7) is 4.96. The molecule has 0 unspecified atom stereocenters. The van der Waals surface area contributed by atoms with Gasteiger partial charge < -0.3 is 4.90 Å². The number of anilines is 1. The lowest BCUT2D eigenvalue weighted by atomic mass is 10.1. The maximum atomic E-state index is 11.1. The summed E-state index contributed by atoms with van der Waals surface area (Å²) < 4.78 is 24.7. The zero-order chi connectivity index (χ0) is 16.3. The smallest absolute Gasteiger partial charge is 0.208 e. The minimum absolute atomic E-state index is 0.469. The van der Waals surface area contributed by atoms with Gasteiger partial charge in [-0.05, 0) is 12.1 Å². The molecule has 23 heavy (non-hydrogen) atoms. The number of hydrogen-bond acceptors (Lipinski definition) is 5. The Labute approximate surface area is 137 Å². The Kier molecular flexibility index (Phi) is 4.79. The summed E-state index contributed by atoms with van der Waals surface area (Å²) in [7, 11) is -3.10. The molecule has 1 aliphatic rings. The van der Waals surface area contributed by atoms with Crippen LogP contribution in [0.15, 0.2) is 36.5 Å². The van der Waals surface area contributed by atoms with Gasteiger partial charge in [0, 0.05) is 56.5 Å². The van der Waals surface area contributed by atoms with Crippen LogP contribution in [0.25, 0.3) is 10.9 Å². The summed E-state index contributed by atoms with van der Waals surface area (Å²) in [6.07, 6.45) is 3.06. The summed E-state index contributed by atoms with van der Waals surface area (Å²) >= 11 is 0. The molecule has 0 atom stereocenters. The van der Waals surface area contributed by atoms with Crippen LogP contribution in [-0.2, 0) is 10.0 Å². The molecule has 0 radical (unpaired) electrons. The number of sulfonamides is 1. The summed E-state index contributed by atoms with van der Waals surface area (Å²) in [5.74, 6) is 0. The van der Waals surface area contributed by atoms with Crippen molar-refractivity contribution in [3.63, 3.8) is 0 Å². The van der Waals surface area contributed by atoms with Crippen molar-refractivity contribution in [2.75, 3.05) is 50.4 Å². The van der Waals surface area contributed by atoms with Crippen LogP contribution < -0.4 is 9.62 Å². The molecule has 0 spiro atoms. The maximum absolute atomic E-state index is 11.1. The van der Waals surface area contributed by atoms with E-state index in [1.807, 2.05) is 24.4 Å². The third-order valence-corrected chi connectivity index (χ3v) is 4.86. The number of nitrogens with one attached hydrogen (secondary N) is 1. The summed E-state index contributed by atoms with van der Waals surface area (Å²) in [6, 6.07) is 10.3. The number of para-hydroxylation sites is 1. The Morgan fingerprint density at radius 3 is 2.61 bits per heavy atom. The van der Waals surface area contributed by atoms with Crippen molar-refractivity contribution in [2.45, 2.75) is 0 Å². The maximum Gasteiger partial charge on any atom is 0.208 e. The molecule has 0 saturated carbocycles. The highest BCUT2D eigenvalue weighted by Crippen LogP contribution is 2.25. The average Bonchev–Trinajstić information content (AvgIpc) is 2.54. The fraction of sp³-hybridized carbons (Fsp3) is 0.438. The van der Waals surface area contributed by atoms with Gasteiger partial charge in [0.1, 0.15) is 0 Å². The van der Waals surface area contributed by atoms with Crippen LogP contribution in [0.1, 0.15) is 0 Å². The standard InChI is InChI=1S/C16H22N4O2S/c1-23(21,22)18-8-9-19-10-12-20(13-11-19)16-6-7-17-15-5-3-2-4-14(15)16/h2-7,18H,8-13H2,1H3. The Morgan fingerprint density at radius 2 is 1.87 bits per heavy atom. The topological polar surface area (TPSA) is 65.5 Å². The summed E-state index contributed by atoms with van der Waals surface area (Å²) in [5, 5.41) is 1.18.